The first-order valence-corrected chi connectivity index (χ1v) is 10.2. The van der Waals surface area contributed by atoms with Crippen molar-refractivity contribution < 1.29 is 14.3 Å². The van der Waals surface area contributed by atoms with Crippen LogP contribution in [0, 0.1) is 0 Å². The van der Waals surface area contributed by atoms with Gasteiger partial charge in [0, 0.05) is 6.08 Å². The molecule has 0 aliphatic carbocycles. The summed E-state index contributed by atoms with van der Waals surface area (Å²) in [6.07, 6.45) is 3.10. The zero-order chi connectivity index (χ0) is 22.2. The molecule has 0 aliphatic heterocycles. The van der Waals surface area contributed by atoms with E-state index in [-0.39, 0.29) is 6.61 Å². The molecule has 158 valence electrons. The first-order chi connectivity index (χ1) is 15.7. The van der Waals surface area contributed by atoms with Crippen LogP contribution in [0.3, 0.4) is 0 Å². The van der Waals surface area contributed by atoms with Crippen LogP contribution in [-0.4, -0.2) is 18.4 Å². The zero-order valence-corrected chi connectivity index (χ0v) is 17.3. The number of carbonyl (C=O) groups is 2. The molecule has 0 spiro atoms. The largest absolute Gasteiger partial charge is 0.484 e. The van der Waals surface area contributed by atoms with Crippen LogP contribution in [-0.2, 0) is 9.59 Å². The number of hydrogen-bond acceptors (Lipinski definition) is 3. The van der Waals surface area contributed by atoms with Gasteiger partial charge in [0.25, 0.3) is 11.8 Å². The molecule has 0 saturated carbocycles. The highest BCUT2D eigenvalue weighted by atomic mass is 16.5. The van der Waals surface area contributed by atoms with Crippen LogP contribution in [0.15, 0.2) is 103 Å². The third kappa shape index (κ3) is 5.40. The molecule has 2 N–H and O–H groups in total. The number of amides is 2. The first kappa shape index (κ1) is 20.9. The van der Waals surface area contributed by atoms with Crippen molar-refractivity contribution in [3.8, 4) is 16.9 Å². The topological polar surface area (TPSA) is 67.4 Å². The van der Waals surface area contributed by atoms with Crippen molar-refractivity contribution in [3.63, 3.8) is 0 Å². The molecule has 32 heavy (non-hydrogen) atoms. The van der Waals surface area contributed by atoms with E-state index in [1.54, 1.807) is 18.2 Å². The number of carbonyl (C=O) groups excluding carboxylic acids is 2. The molecular formula is C27H22N2O3. The minimum atomic E-state index is -0.455. The standard InChI is InChI=1S/C27H22N2O3/c30-26(18-15-23-11-6-10-22-9-4-5-12-25(22)23)28-29-27(31)19-32-24-16-13-21(14-17-24)20-7-2-1-3-8-20/h1-18H,19H2,(H,28,30)(H,29,31)/b18-15+. The molecule has 4 aromatic rings. The third-order valence-corrected chi connectivity index (χ3v) is 4.89. The molecule has 0 radical (unpaired) electrons. The lowest BCUT2D eigenvalue weighted by atomic mass is 10.0. The summed E-state index contributed by atoms with van der Waals surface area (Å²) in [7, 11) is 0. The molecule has 0 aromatic heterocycles. The third-order valence-electron chi connectivity index (χ3n) is 4.89. The number of hydrogen-bond donors (Lipinski definition) is 2. The minimum Gasteiger partial charge on any atom is -0.484 e. The lowest BCUT2D eigenvalue weighted by Gasteiger charge is -2.08. The van der Waals surface area contributed by atoms with E-state index in [0.717, 1.165) is 27.5 Å². The quantitative estimate of drug-likeness (QED) is 0.348. The maximum absolute atomic E-state index is 12.0. The molecule has 0 bridgehead atoms. The Morgan fingerprint density at radius 1 is 0.719 bits per heavy atom. The average molecular weight is 422 g/mol. The van der Waals surface area contributed by atoms with Gasteiger partial charge < -0.3 is 4.74 Å². The van der Waals surface area contributed by atoms with Crippen LogP contribution in [0.4, 0.5) is 0 Å². The van der Waals surface area contributed by atoms with E-state index in [1.807, 2.05) is 84.9 Å². The van der Waals surface area contributed by atoms with Crippen molar-refractivity contribution in [2.24, 2.45) is 0 Å². The number of fused-ring (bicyclic) bond motifs is 1. The number of rotatable bonds is 6. The van der Waals surface area contributed by atoms with Gasteiger partial charge >= 0.3 is 0 Å². The van der Waals surface area contributed by atoms with Crippen LogP contribution in [0.2, 0.25) is 0 Å². The summed E-state index contributed by atoms with van der Waals surface area (Å²) in [5, 5.41) is 2.15. The summed E-state index contributed by atoms with van der Waals surface area (Å²) >= 11 is 0. The van der Waals surface area contributed by atoms with Gasteiger partial charge in [-0.3, -0.25) is 20.4 Å². The first-order valence-electron chi connectivity index (χ1n) is 10.2. The monoisotopic (exact) mass is 422 g/mol. The van der Waals surface area contributed by atoms with Crippen molar-refractivity contribution in [1.29, 1.82) is 0 Å². The van der Waals surface area contributed by atoms with Gasteiger partial charge in [-0.15, -0.1) is 0 Å². The molecule has 0 unspecified atom stereocenters. The van der Waals surface area contributed by atoms with E-state index in [0.29, 0.717) is 5.75 Å². The van der Waals surface area contributed by atoms with Gasteiger partial charge in [-0.1, -0.05) is 84.9 Å². The number of ether oxygens (including phenoxy) is 1. The van der Waals surface area contributed by atoms with Crippen LogP contribution in [0.1, 0.15) is 5.56 Å². The molecule has 0 heterocycles. The molecule has 0 aliphatic rings. The fourth-order valence-electron chi connectivity index (χ4n) is 3.29. The van der Waals surface area contributed by atoms with Crippen molar-refractivity contribution >= 4 is 28.7 Å². The Hall–Kier alpha value is -4.38. The summed E-state index contributed by atoms with van der Waals surface area (Å²) < 4.78 is 5.49. The minimum absolute atomic E-state index is 0.210. The second kappa shape index (κ2) is 10.1. The Bertz CT molecular complexity index is 1240. The van der Waals surface area contributed by atoms with Gasteiger partial charge in [-0.25, -0.2) is 0 Å². The zero-order valence-electron chi connectivity index (χ0n) is 17.3. The van der Waals surface area contributed by atoms with E-state index in [4.69, 9.17) is 4.74 Å². The van der Waals surface area contributed by atoms with E-state index >= 15 is 0 Å². The Morgan fingerprint density at radius 2 is 1.41 bits per heavy atom. The molecule has 4 rings (SSSR count). The van der Waals surface area contributed by atoms with Crippen molar-refractivity contribution in [2.75, 3.05) is 6.61 Å². The van der Waals surface area contributed by atoms with Crippen LogP contribution in [0.5, 0.6) is 5.75 Å². The van der Waals surface area contributed by atoms with Gasteiger partial charge in [0.05, 0.1) is 0 Å². The number of benzene rings is 4. The SMILES string of the molecule is O=C(/C=C/c1cccc2ccccc12)NNC(=O)COc1ccc(-c2ccccc2)cc1. The number of nitrogens with one attached hydrogen (secondary N) is 2. The normalized spacial score (nSPS) is 10.8. The van der Waals surface area contributed by atoms with Gasteiger partial charge in [0.2, 0.25) is 0 Å². The molecular weight excluding hydrogens is 400 g/mol. The maximum Gasteiger partial charge on any atom is 0.276 e. The average Bonchev–Trinajstić information content (AvgIpc) is 2.85. The Labute approximate surface area is 186 Å². The summed E-state index contributed by atoms with van der Waals surface area (Å²) in [5.74, 6) is -0.315. The molecule has 4 aromatic carbocycles. The maximum atomic E-state index is 12.0. The van der Waals surface area contributed by atoms with E-state index < -0.39 is 11.8 Å². The second-order valence-electron chi connectivity index (χ2n) is 7.12. The highest BCUT2D eigenvalue weighted by Crippen LogP contribution is 2.22. The van der Waals surface area contributed by atoms with Crippen molar-refractivity contribution in [3.05, 3.63) is 109 Å². The van der Waals surface area contributed by atoms with Gasteiger partial charge in [0.15, 0.2) is 6.61 Å². The second-order valence-corrected chi connectivity index (χ2v) is 7.12. The van der Waals surface area contributed by atoms with Gasteiger partial charge in [-0.2, -0.15) is 0 Å². The van der Waals surface area contributed by atoms with Crippen LogP contribution < -0.4 is 15.6 Å². The van der Waals surface area contributed by atoms with E-state index in [2.05, 4.69) is 10.9 Å². The smallest absolute Gasteiger partial charge is 0.276 e. The summed E-state index contributed by atoms with van der Waals surface area (Å²) in [4.78, 5) is 24.0. The fourth-order valence-corrected chi connectivity index (χ4v) is 3.29. The summed E-state index contributed by atoms with van der Waals surface area (Å²) in [6, 6.07) is 31.3. The number of hydrazine groups is 1. The Kier molecular flexibility index (Phi) is 6.58. The predicted molar refractivity (Wildman–Crippen MR) is 127 cm³/mol. The fraction of sp³-hybridized carbons (Fsp3) is 0.0370. The molecule has 5 heteroatoms. The highest BCUT2D eigenvalue weighted by molar-refractivity contribution is 5.97. The lowest BCUT2D eigenvalue weighted by molar-refractivity contribution is -0.128. The summed E-state index contributed by atoms with van der Waals surface area (Å²) in [6.45, 7) is -0.210. The Morgan fingerprint density at radius 3 is 2.22 bits per heavy atom. The Balaban J connectivity index is 1.25. The van der Waals surface area contributed by atoms with Crippen LogP contribution >= 0.6 is 0 Å². The predicted octanol–water partition coefficient (Wildman–Crippen LogP) is 4.75. The molecule has 0 atom stereocenters. The summed E-state index contributed by atoms with van der Waals surface area (Å²) in [5.41, 5.74) is 7.80. The highest BCUT2D eigenvalue weighted by Gasteiger charge is 2.05. The van der Waals surface area contributed by atoms with Crippen LogP contribution in [0.25, 0.3) is 28.0 Å². The molecule has 0 saturated heterocycles. The molecule has 2 amide bonds. The molecule has 5 nitrogen and oxygen atoms in total. The van der Waals surface area contributed by atoms with Gasteiger partial charge in [0.1, 0.15) is 5.75 Å². The van der Waals surface area contributed by atoms with Crippen molar-refractivity contribution in [2.45, 2.75) is 0 Å². The van der Waals surface area contributed by atoms with Crippen molar-refractivity contribution in [1.82, 2.24) is 10.9 Å². The molecule has 0 fully saturated rings. The van der Waals surface area contributed by atoms with E-state index in [1.165, 1.54) is 6.08 Å². The lowest BCUT2D eigenvalue weighted by Crippen LogP contribution is -2.43. The van der Waals surface area contributed by atoms with E-state index in [9.17, 15) is 9.59 Å². The van der Waals surface area contributed by atoms with Gasteiger partial charge in [-0.05, 0) is 45.7 Å².